The van der Waals surface area contributed by atoms with Crippen LogP contribution in [0.1, 0.15) is 35.3 Å². The number of rotatable bonds is 7. The lowest BCUT2D eigenvalue weighted by molar-refractivity contribution is -0.147. The molecule has 0 fully saturated rings. The van der Waals surface area contributed by atoms with Crippen molar-refractivity contribution in [2.45, 2.75) is 38.6 Å². The van der Waals surface area contributed by atoms with E-state index in [1.807, 2.05) is 47.9 Å². The highest BCUT2D eigenvalue weighted by molar-refractivity contribution is 7.10. The van der Waals surface area contributed by atoms with E-state index in [1.54, 1.807) is 11.3 Å². The zero-order valence-electron chi connectivity index (χ0n) is 16.9. The van der Waals surface area contributed by atoms with Gasteiger partial charge in [0.2, 0.25) is 6.29 Å². The molecule has 0 aliphatic carbocycles. The van der Waals surface area contributed by atoms with Crippen molar-refractivity contribution in [1.29, 1.82) is 0 Å². The second kappa shape index (κ2) is 9.74. The fourth-order valence-corrected chi connectivity index (χ4v) is 4.20. The molecule has 30 heavy (non-hydrogen) atoms. The number of hydrogen-bond donors (Lipinski definition) is 1. The van der Waals surface area contributed by atoms with E-state index < -0.39 is 6.29 Å². The molecule has 0 bridgehead atoms. The molecular formula is C25H25NO3S. The minimum atomic E-state index is -0.482. The Morgan fingerprint density at radius 1 is 1.07 bits per heavy atom. The van der Waals surface area contributed by atoms with E-state index in [0.29, 0.717) is 18.8 Å². The SMILES string of the molecule is CCc1ccc(CO[C@H]2C[C@@H](c3cccs3)C=C(C(=O)Nc3ccccc3)O2)cc1. The number of carbonyl (C=O) groups is 1. The van der Waals surface area contributed by atoms with Gasteiger partial charge in [-0.15, -0.1) is 11.3 Å². The maximum absolute atomic E-state index is 12.8. The van der Waals surface area contributed by atoms with Crippen LogP contribution in [0.2, 0.25) is 0 Å². The summed E-state index contributed by atoms with van der Waals surface area (Å²) in [5.41, 5.74) is 3.13. The summed E-state index contributed by atoms with van der Waals surface area (Å²) in [6.45, 7) is 2.58. The zero-order chi connectivity index (χ0) is 20.8. The summed E-state index contributed by atoms with van der Waals surface area (Å²) >= 11 is 1.68. The number of amides is 1. The van der Waals surface area contributed by atoms with Crippen LogP contribution in [0.4, 0.5) is 5.69 Å². The van der Waals surface area contributed by atoms with E-state index >= 15 is 0 Å². The third-order valence-corrected chi connectivity index (χ3v) is 6.09. The van der Waals surface area contributed by atoms with Gasteiger partial charge in [0.15, 0.2) is 5.76 Å². The number of aryl methyl sites for hydroxylation is 1. The van der Waals surface area contributed by atoms with Gasteiger partial charge in [-0.05, 0) is 47.2 Å². The largest absolute Gasteiger partial charge is 0.459 e. The highest BCUT2D eigenvalue weighted by Crippen LogP contribution is 2.34. The van der Waals surface area contributed by atoms with Crippen molar-refractivity contribution >= 4 is 22.9 Å². The molecule has 2 heterocycles. The van der Waals surface area contributed by atoms with Crippen molar-refractivity contribution in [3.05, 3.63) is 99.9 Å². The molecule has 1 N–H and O–H groups in total. The standard InChI is InChI=1S/C25H25NO3S/c1-2-18-10-12-19(13-11-18)17-28-24-16-20(23-9-6-14-30-23)15-22(29-24)25(27)26-21-7-4-3-5-8-21/h3-15,20,24H,2,16-17H2,1H3,(H,26,27)/t20-,24+/m0/s1. The lowest BCUT2D eigenvalue weighted by Crippen LogP contribution is -2.29. The van der Waals surface area contributed by atoms with Gasteiger partial charge in [0.05, 0.1) is 6.61 Å². The monoisotopic (exact) mass is 419 g/mol. The second-order valence-corrected chi connectivity index (χ2v) is 8.22. The molecule has 0 radical (unpaired) electrons. The molecule has 4 rings (SSSR count). The van der Waals surface area contributed by atoms with Crippen LogP contribution in [0.3, 0.4) is 0 Å². The van der Waals surface area contributed by atoms with E-state index in [1.165, 1.54) is 10.4 Å². The Balaban J connectivity index is 1.46. The van der Waals surface area contributed by atoms with Crippen molar-refractivity contribution < 1.29 is 14.3 Å². The normalized spacial score (nSPS) is 18.4. The van der Waals surface area contributed by atoms with Gasteiger partial charge in [0.1, 0.15) is 0 Å². The van der Waals surface area contributed by atoms with Crippen LogP contribution in [-0.2, 0) is 27.3 Å². The van der Waals surface area contributed by atoms with Crippen LogP contribution in [0, 0.1) is 0 Å². The van der Waals surface area contributed by atoms with Gasteiger partial charge in [-0.25, -0.2) is 0 Å². The number of allylic oxidation sites excluding steroid dienone is 1. The van der Waals surface area contributed by atoms with E-state index in [2.05, 4.69) is 42.6 Å². The Kier molecular flexibility index (Phi) is 6.62. The zero-order valence-corrected chi connectivity index (χ0v) is 17.7. The first-order chi connectivity index (χ1) is 14.7. The number of anilines is 1. The summed E-state index contributed by atoms with van der Waals surface area (Å²) < 4.78 is 12.0. The topological polar surface area (TPSA) is 47.6 Å². The molecule has 0 unspecified atom stereocenters. The van der Waals surface area contributed by atoms with Gasteiger partial charge < -0.3 is 14.8 Å². The van der Waals surface area contributed by atoms with Gasteiger partial charge in [0.25, 0.3) is 5.91 Å². The number of para-hydroxylation sites is 1. The van der Waals surface area contributed by atoms with Crippen LogP contribution < -0.4 is 5.32 Å². The molecule has 1 aliphatic rings. The van der Waals surface area contributed by atoms with Crippen LogP contribution >= 0.6 is 11.3 Å². The predicted octanol–water partition coefficient (Wildman–Crippen LogP) is 5.88. The van der Waals surface area contributed by atoms with Crippen molar-refractivity contribution in [2.24, 2.45) is 0 Å². The van der Waals surface area contributed by atoms with Crippen LogP contribution in [0.15, 0.2) is 83.9 Å². The quantitative estimate of drug-likeness (QED) is 0.520. The Labute approximate surface area is 181 Å². The Hall–Kier alpha value is -2.89. The number of carbonyl (C=O) groups excluding carboxylic acids is 1. The van der Waals surface area contributed by atoms with Gasteiger partial charge in [-0.1, -0.05) is 55.5 Å². The van der Waals surface area contributed by atoms with E-state index in [4.69, 9.17) is 9.47 Å². The molecule has 1 aliphatic heterocycles. The molecule has 4 nitrogen and oxygen atoms in total. The number of hydrogen-bond acceptors (Lipinski definition) is 4. The average molecular weight is 420 g/mol. The van der Waals surface area contributed by atoms with Gasteiger partial charge in [-0.2, -0.15) is 0 Å². The fourth-order valence-electron chi connectivity index (χ4n) is 3.39. The number of ether oxygens (including phenoxy) is 2. The molecular weight excluding hydrogens is 394 g/mol. The molecule has 1 amide bonds. The molecule has 1 aromatic heterocycles. The summed E-state index contributed by atoms with van der Waals surface area (Å²) in [4.78, 5) is 14.0. The minimum absolute atomic E-state index is 0.0859. The first kappa shape index (κ1) is 20.4. The summed E-state index contributed by atoms with van der Waals surface area (Å²) in [6.07, 6.45) is 3.11. The maximum Gasteiger partial charge on any atom is 0.290 e. The third-order valence-electron chi connectivity index (χ3n) is 5.09. The Morgan fingerprint density at radius 2 is 1.83 bits per heavy atom. The van der Waals surface area contributed by atoms with E-state index in [9.17, 15) is 4.79 Å². The Bertz CT molecular complexity index is 981. The first-order valence-electron chi connectivity index (χ1n) is 10.2. The summed E-state index contributed by atoms with van der Waals surface area (Å²) in [5, 5.41) is 4.95. The molecule has 2 atom stereocenters. The number of benzene rings is 2. The lowest BCUT2D eigenvalue weighted by atomic mass is 9.99. The van der Waals surface area contributed by atoms with Crippen LogP contribution in [-0.4, -0.2) is 12.2 Å². The molecule has 5 heteroatoms. The molecule has 0 saturated heterocycles. The minimum Gasteiger partial charge on any atom is -0.459 e. The van der Waals surface area contributed by atoms with Crippen molar-refractivity contribution in [3.8, 4) is 0 Å². The van der Waals surface area contributed by atoms with Gasteiger partial charge in [-0.3, -0.25) is 4.79 Å². The van der Waals surface area contributed by atoms with Crippen LogP contribution in [0.25, 0.3) is 0 Å². The van der Waals surface area contributed by atoms with Gasteiger partial charge >= 0.3 is 0 Å². The molecule has 2 aromatic carbocycles. The first-order valence-corrected chi connectivity index (χ1v) is 11.1. The molecule has 0 spiro atoms. The molecule has 3 aromatic rings. The predicted molar refractivity (Wildman–Crippen MR) is 120 cm³/mol. The highest BCUT2D eigenvalue weighted by atomic mass is 32.1. The van der Waals surface area contributed by atoms with Gasteiger partial charge in [0, 0.05) is 22.9 Å². The second-order valence-electron chi connectivity index (χ2n) is 7.24. The lowest BCUT2D eigenvalue weighted by Gasteiger charge is -2.28. The van der Waals surface area contributed by atoms with E-state index in [-0.39, 0.29) is 11.8 Å². The molecule has 0 saturated carbocycles. The summed E-state index contributed by atoms with van der Waals surface area (Å²) in [6, 6.07) is 21.9. The Morgan fingerprint density at radius 3 is 2.53 bits per heavy atom. The average Bonchev–Trinajstić information content (AvgIpc) is 3.34. The number of nitrogens with one attached hydrogen (secondary N) is 1. The van der Waals surface area contributed by atoms with Crippen molar-refractivity contribution in [2.75, 3.05) is 5.32 Å². The summed E-state index contributed by atoms with van der Waals surface area (Å²) in [5.74, 6) is 0.126. The maximum atomic E-state index is 12.8. The van der Waals surface area contributed by atoms with Crippen molar-refractivity contribution in [1.82, 2.24) is 0 Å². The number of thiophene rings is 1. The third kappa shape index (κ3) is 5.17. The van der Waals surface area contributed by atoms with Crippen molar-refractivity contribution in [3.63, 3.8) is 0 Å². The molecule has 154 valence electrons. The highest BCUT2D eigenvalue weighted by Gasteiger charge is 2.29. The van der Waals surface area contributed by atoms with E-state index in [0.717, 1.165) is 17.7 Å². The van der Waals surface area contributed by atoms with Crippen LogP contribution in [0.5, 0.6) is 0 Å². The fraction of sp³-hybridized carbons (Fsp3) is 0.240. The smallest absolute Gasteiger partial charge is 0.290 e. The summed E-state index contributed by atoms with van der Waals surface area (Å²) in [7, 11) is 0.